The molecule has 1 aromatic rings. The number of hydrogen-bond donors (Lipinski definition) is 2. The maximum Gasteiger partial charge on any atom is 0.337 e. The molecule has 0 saturated carbocycles. The van der Waals surface area contributed by atoms with Crippen LogP contribution in [0, 0.1) is 0 Å². The molecule has 1 aromatic carbocycles. The molecular weight excluding hydrogens is 224 g/mol. The Morgan fingerprint density at radius 3 is 2.35 bits per heavy atom. The average molecular weight is 234 g/mol. The summed E-state index contributed by atoms with van der Waals surface area (Å²) in [6.45, 7) is 0. The van der Waals surface area contributed by atoms with Gasteiger partial charge in [0.1, 0.15) is 0 Å². The number of benzene rings is 1. The number of anilines is 2. The van der Waals surface area contributed by atoms with Gasteiger partial charge in [0.25, 0.3) is 0 Å². The van der Waals surface area contributed by atoms with Crippen molar-refractivity contribution in [1.29, 1.82) is 0 Å². The highest BCUT2D eigenvalue weighted by molar-refractivity contribution is 6.22. The van der Waals surface area contributed by atoms with Gasteiger partial charge in [-0.1, -0.05) is 0 Å². The van der Waals surface area contributed by atoms with Crippen molar-refractivity contribution in [1.82, 2.24) is 0 Å². The number of imide groups is 1. The molecule has 0 bridgehead atoms. The van der Waals surface area contributed by atoms with E-state index in [9.17, 15) is 14.4 Å². The lowest BCUT2D eigenvalue weighted by atomic mass is 10.1. The van der Waals surface area contributed by atoms with Gasteiger partial charge in [0.05, 0.1) is 11.3 Å². The molecule has 88 valence electrons. The number of hydrogen-bond acceptors (Lipinski definition) is 4. The van der Waals surface area contributed by atoms with Gasteiger partial charge in [0, 0.05) is 18.5 Å². The van der Waals surface area contributed by atoms with Gasteiger partial charge in [-0.05, 0) is 18.2 Å². The molecule has 1 aliphatic rings. The number of nitrogen functional groups attached to an aromatic ring is 1. The molecule has 0 aliphatic carbocycles. The first kappa shape index (κ1) is 11.1. The minimum Gasteiger partial charge on any atom is -0.478 e. The second-order valence-corrected chi connectivity index (χ2v) is 3.70. The fraction of sp³-hybridized carbons (Fsp3) is 0.182. The van der Waals surface area contributed by atoms with E-state index in [1.807, 2.05) is 0 Å². The Bertz CT molecular complexity index is 508. The van der Waals surface area contributed by atoms with Crippen LogP contribution in [0.25, 0.3) is 0 Å². The van der Waals surface area contributed by atoms with E-state index in [0.29, 0.717) is 5.69 Å². The first-order valence-electron chi connectivity index (χ1n) is 4.99. The lowest BCUT2D eigenvalue weighted by Crippen LogP contribution is -2.30. The van der Waals surface area contributed by atoms with Gasteiger partial charge in [-0.25, -0.2) is 9.69 Å². The summed E-state index contributed by atoms with van der Waals surface area (Å²) in [4.78, 5) is 35.0. The quantitative estimate of drug-likeness (QED) is 0.577. The van der Waals surface area contributed by atoms with Crippen LogP contribution in [0.1, 0.15) is 23.2 Å². The molecule has 0 spiro atoms. The number of amides is 2. The predicted octanol–water partition coefficient (Wildman–Crippen LogP) is 0.620. The lowest BCUT2D eigenvalue weighted by molar-refractivity contribution is -0.121. The van der Waals surface area contributed by atoms with Crippen molar-refractivity contribution >= 4 is 29.2 Å². The second-order valence-electron chi connectivity index (χ2n) is 3.70. The van der Waals surface area contributed by atoms with Crippen LogP contribution in [0.5, 0.6) is 0 Å². The summed E-state index contributed by atoms with van der Waals surface area (Å²) in [7, 11) is 0. The number of carboxylic acids is 1. The third kappa shape index (κ3) is 1.84. The molecule has 1 aliphatic heterocycles. The van der Waals surface area contributed by atoms with E-state index < -0.39 is 17.8 Å². The molecule has 2 rings (SSSR count). The van der Waals surface area contributed by atoms with E-state index in [-0.39, 0.29) is 24.1 Å². The van der Waals surface area contributed by atoms with Gasteiger partial charge >= 0.3 is 5.97 Å². The Kier molecular flexibility index (Phi) is 2.55. The van der Waals surface area contributed by atoms with Crippen molar-refractivity contribution in [2.45, 2.75) is 12.8 Å². The van der Waals surface area contributed by atoms with Crippen LogP contribution in [0.4, 0.5) is 11.4 Å². The Labute approximate surface area is 96.6 Å². The van der Waals surface area contributed by atoms with E-state index in [1.165, 1.54) is 18.2 Å². The summed E-state index contributed by atoms with van der Waals surface area (Å²) in [5.41, 5.74) is 5.78. The van der Waals surface area contributed by atoms with Gasteiger partial charge in [-0.15, -0.1) is 0 Å². The zero-order chi connectivity index (χ0) is 12.6. The molecule has 1 fully saturated rings. The van der Waals surface area contributed by atoms with E-state index in [0.717, 1.165) is 4.90 Å². The van der Waals surface area contributed by atoms with Crippen LogP contribution in [0.15, 0.2) is 18.2 Å². The Balaban J connectivity index is 2.57. The van der Waals surface area contributed by atoms with E-state index in [1.54, 1.807) is 0 Å². The fourth-order valence-corrected chi connectivity index (χ4v) is 1.76. The summed E-state index contributed by atoms with van der Waals surface area (Å²) in [5, 5.41) is 9.00. The fourth-order valence-electron chi connectivity index (χ4n) is 1.76. The van der Waals surface area contributed by atoms with Gasteiger partial charge in [-0.3, -0.25) is 9.59 Å². The van der Waals surface area contributed by atoms with Crippen molar-refractivity contribution in [3.05, 3.63) is 23.8 Å². The number of aromatic carboxylic acids is 1. The standard InChI is InChI=1S/C11H10N2O4/c12-6-1-2-7(11(16)17)8(5-6)13-9(14)3-4-10(13)15/h1-2,5H,3-4,12H2,(H,16,17). The van der Waals surface area contributed by atoms with Crippen molar-refractivity contribution in [2.75, 3.05) is 10.6 Å². The van der Waals surface area contributed by atoms with Gasteiger partial charge in [0.15, 0.2) is 0 Å². The summed E-state index contributed by atoms with van der Waals surface area (Å²) in [6, 6.07) is 4.02. The first-order chi connectivity index (χ1) is 8.00. The number of rotatable bonds is 2. The van der Waals surface area contributed by atoms with Crippen LogP contribution in [-0.4, -0.2) is 22.9 Å². The molecule has 2 amide bonds. The van der Waals surface area contributed by atoms with Crippen LogP contribution < -0.4 is 10.6 Å². The number of carboxylic acid groups (broad SMARTS) is 1. The molecule has 6 heteroatoms. The first-order valence-corrected chi connectivity index (χ1v) is 4.99. The maximum atomic E-state index is 11.5. The molecule has 1 saturated heterocycles. The minimum absolute atomic E-state index is 0.0463. The number of carbonyl (C=O) groups is 3. The highest BCUT2D eigenvalue weighted by Crippen LogP contribution is 2.28. The van der Waals surface area contributed by atoms with E-state index >= 15 is 0 Å². The molecule has 17 heavy (non-hydrogen) atoms. The molecular formula is C11H10N2O4. The molecule has 0 radical (unpaired) electrons. The number of nitrogens with two attached hydrogens (primary N) is 1. The zero-order valence-electron chi connectivity index (χ0n) is 8.84. The topological polar surface area (TPSA) is 101 Å². The highest BCUT2D eigenvalue weighted by Gasteiger charge is 2.32. The van der Waals surface area contributed by atoms with Crippen LogP contribution in [0.2, 0.25) is 0 Å². The summed E-state index contributed by atoms with van der Waals surface area (Å²) >= 11 is 0. The molecule has 3 N–H and O–H groups in total. The molecule has 1 heterocycles. The predicted molar refractivity (Wildman–Crippen MR) is 59.5 cm³/mol. The van der Waals surface area contributed by atoms with E-state index in [4.69, 9.17) is 10.8 Å². The summed E-state index contributed by atoms with van der Waals surface area (Å²) < 4.78 is 0. The Hall–Kier alpha value is -2.37. The maximum absolute atomic E-state index is 11.5. The van der Waals surface area contributed by atoms with Gasteiger partial charge < -0.3 is 10.8 Å². The highest BCUT2D eigenvalue weighted by atomic mass is 16.4. The smallest absolute Gasteiger partial charge is 0.337 e. The van der Waals surface area contributed by atoms with Crippen molar-refractivity contribution in [3.8, 4) is 0 Å². The Morgan fingerprint density at radius 1 is 1.24 bits per heavy atom. The largest absolute Gasteiger partial charge is 0.478 e. The van der Waals surface area contributed by atoms with Crippen LogP contribution in [-0.2, 0) is 9.59 Å². The lowest BCUT2D eigenvalue weighted by Gasteiger charge is -2.16. The number of nitrogens with zero attached hydrogens (tertiary/aromatic N) is 1. The van der Waals surface area contributed by atoms with Crippen molar-refractivity contribution in [2.24, 2.45) is 0 Å². The van der Waals surface area contributed by atoms with E-state index in [2.05, 4.69) is 0 Å². The minimum atomic E-state index is -1.20. The third-order valence-electron chi connectivity index (χ3n) is 2.54. The molecule has 0 atom stereocenters. The van der Waals surface area contributed by atoms with Crippen LogP contribution >= 0.6 is 0 Å². The molecule has 0 unspecified atom stereocenters. The van der Waals surface area contributed by atoms with Crippen LogP contribution in [0.3, 0.4) is 0 Å². The summed E-state index contributed by atoms with van der Waals surface area (Å²) in [5.74, 6) is -2.00. The molecule has 0 aromatic heterocycles. The van der Waals surface area contributed by atoms with Crippen molar-refractivity contribution < 1.29 is 19.5 Å². The zero-order valence-corrected chi connectivity index (χ0v) is 8.84. The summed E-state index contributed by atoms with van der Waals surface area (Å²) in [6.07, 6.45) is 0.208. The van der Waals surface area contributed by atoms with Gasteiger partial charge in [0.2, 0.25) is 11.8 Å². The normalized spacial score (nSPS) is 15.4. The van der Waals surface area contributed by atoms with Crippen molar-refractivity contribution in [3.63, 3.8) is 0 Å². The second kappa shape index (κ2) is 3.89. The SMILES string of the molecule is Nc1ccc(C(=O)O)c(N2C(=O)CCC2=O)c1. The molecule has 6 nitrogen and oxygen atoms in total. The van der Waals surface area contributed by atoms with Gasteiger partial charge in [-0.2, -0.15) is 0 Å². The number of carbonyl (C=O) groups excluding carboxylic acids is 2. The third-order valence-corrected chi connectivity index (χ3v) is 2.54. The monoisotopic (exact) mass is 234 g/mol. The Morgan fingerprint density at radius 2 is 1.82 bits per heavy atom. The average Bonchev–Trinajstić information content (AvgIpc) is 2.58.